The second-order valence-electron chi connectivity index (χ2n) is 9.73. The highest BCUT2D eigenvalue weighted by Crippen LogP contribution is 2.25. The van der Waals surface area contributed by atoms with Crippen LogP contribution in [0.15, 0.2) is 144 Å². The molecule has 6 rings (SSSR count). The van der Waals surface area contributed by atoms with Crippen molar-refractivity contribution in [2.75, 3.05) is 0 Å². The Bertz CT molecular complexity index is 1880. The fraction of sp³-hybridized carbons (Fsp3) is 0. The zero-order valence-corrected chi connectivity index (χ0v) is 22.8. The molecular weight excluding hydrogens is 543 g/mol. The third-order valence-corrected chi connectivity index (χ3v) is 6.88. The van der Waals surface area contributed by atoms with Crippen LogP contribution in [0.5, 0.6) is 23.0 Å². The highest BCUT2D eigenvalue weighted by atomic mass is 16.6. The van der Waals surface area contributed by atoms with Gasteiger partial charge in [0.2, 0.25) is 0 Å². The molecule has 210 valence electrons. The summed E-state index contributed by atoms with van der Waals surface area (Å²) in [7, 11) is -0.522. The van der Waals surface area contributed by atoms with Crippen LogP contribution in [0.4, 0.5) is 0 Å². The minimum Gasteiger partial charge on any atom is -0.525 e. The molecule has 0 spiro atoms. The van der Waals surface area contributed by atoms with E-state index in [1.54, 1.807) is 9.13 Å². The van der Waals surface area contributed by atoms with Gasteiger partial charge in [-0.2, -0.15) is 0 Å². The molecule has 2 heterocycles. The summed E-state index contributed by atoms with van der Waals surface area (Å²) in [6, 6.07) is 34.8. The Labute approximate surface area is 247 Å². The van der Waals surface area contributed by atoms with Crippen LogP contribution < -0.4 is 20.2 Å². The molecule has 0 fully saturated rings. The summed E-state index contributed by atoms with van der Waals surface area (Å²) < 4.78 is 14.3. The molecule has 0 saturated carbocycles. The van der Waals surface area contributed by atoms with Crippen LogP contribution in [-0.2, 0) is 0 Å². The van der Waals surface area contributed by atoms with Crippen molar-refractivity contribution in [1.82, 2.24) is 9.13 Å². The van der Waals surface area contributed by atoms with Gasteiger partial charge in [-0.15, -0.1) is 0 Å². The van der Waals surface area contributed by atoms with Gasteiger partial charge in [-0.1, -0.05) is 84.9 Å². The Kier molecular flexibility index (Phi) is 7.52. The molecule has 2 N–H and O–H groups in total. The first-order chi connectivity index (χ1) is 21.0. The van der Waals surface area contributed by atoms with Gasteiger partial charge in [-0.3, -0.25) is 9.59 Å². The minimum absolute atomic E-state index is 0.179. The van der Waals surface area contributed by atoms with E-state index < -0.39 is 30.0 Å². The molecule has 43 heavy (non-hydrogen) atoms. The van der Waals surface area contributed by atoms with Gasteiger partial charge in [0.05, 0.1) is 24.8 Å². The molecule has 8 nitrogen and oxygen atoms in total. The first-order valence-corrected chi connectivity index (χ1v) is 13.4. The van der Waals surface area contributed by atoms with Crippen molar-refractivity contribution in [2.24, 2.45) is 0 Å². The normalized spacial score (nSPS) is 10.7. The fourth-order valence-corrected chi connectivity index (χ4v) is 4.69. The van der Waals surface area contributed by atoms with E-state index in [4.69, 9.17) is 9.31 Å². The topological polar surface area (TPSA) is 103 Å². The lowest BCUT2D eigenvalue weighted by Gasteiger charge is -2.14. The molecule has 4 aromatic carbocycles. The van der Waals surface area contributed by atoms with Gasteiger partial charge in [0, 0.05) is 11.4 Å². The summed E-state index contributed by atoms with van der Waals surface area (Å²) in [6.07, 6.45) is 5.48. The maximum atomic E-state index is 12.6. The van der Waals surface area contributed by atoms with Crippen LogP contribution in [0.3, 0.4) is 0 Å². The SMILES string of the molecule is O=c1c(O)cn(-c2cccc(-c3ccccc3)c2)cc1OBOc1cn(-c2cccc(-c3ccccc3)c2)cc(O)c1=O. The van der Waals surface area contributed by atoms with Gasteiger partial charge >= 0.3 is 7.69 Å². The molecular formula is C34H25BN2O6. The highest BCUT2D eigenvalue weighted by molar-refractivity contribution is 6.20. The van der Waals surface area contributed by atoms with Crippen LogP contribution in [0, 0.1) is 0 Å². The summed E-state index contributed by atoms with van der Waals surface area (Å²) in [5, 5.41) is 20.7. The Morgan fingerprint density at radius 1 is 0.488 bits per heavy atom. The highest BCUT2D eigenvalue weighted by Gasteiger charge is 2.14. The van der Waals surface area contributed by atoms with Crippen LogP contribution >= 0.6 is 0 Å². The summed E-state index contributed by atoms with van der Waals surface area (Å²) >= 11 is 0. The van der Waals surface area contributed by atoms with Crippen LogP contribution in [-0.4, -0.2) is 27.0 Å². The van der Waals surface area contributed by atoms with Gasteiger partial charge in [0.25, 0.3) is 10.9 Å². The number of hydrogen-bond donors (Lipinski definition) is 2. The maximum Gasteiger partial charge on any atom is 0.576 e. The Morgan fingerprint density at radius 3 is 1.30 bits per heavy atom. The van der Waals surface area contributed by atoms with Crippen molar-refractivity contribution in [3.05, 3.63) is 154 Å². The molecule has 0 aliphatic carbocycles. The number of pyridine rings is 2. The van der Waals surface area contributed by atoms with E-state index >= 15 is 0 Å². The van der Waals surface area contributed by atoms with Gasteiger partial charge in [-0.05, 0) is 46.5 Å². The van der Waals surface area contributed by atoms with Crippen molar-refractivity contribution in [3.63, 3.8) is 0 Å². The molecule has 0 bridgehead atoms. The quantitative estimate of drug-likeness (QED) is 0.237. The molecule has 2 aromatic heterocycles. The smallest absolute Gasteiger partial charge is 0.525 e. The molecule has 0 unspecified atom stereocenters. The second kappa shape index (κ2) is 11.9. The van der Waals surface area contributed by atoms with Gasteiger partial charge in [0.15, 0.2) is 23.0 Å². The minimum atomic E-state index is -0.731. The molecule has 0 aliphatic rings. The molecule has 0 amide bonds. The number of benzene rings is 4. The van der Waals surface area contributed by atoms with Crippen molar-refractivity contribution < 1.29 is 19.5 Å². The van der Waals surface area contributed by atoms with E-state index in [1.165, 1.54) is 24.8 Å². The summed E-state index contributed by atoms with van der Waals surface area (Å²) in [6.45, 7) is 0. The van der Waals surface area contributed by atoms with Crippen molar-refractivity contribution in [3.8, 4) is 56.6 Å². The van der Waals surface area contributed by atoms with E-state index in [2.05, 4.69) is 0 Å². The van der Waals surface area contributed by atoms with E-state index in [1.807, 2.05) is 109 Å². The van der Waals surface area contributed by atoms with E-state index in [-0.39, 0.29) is 11.5 Å². The number of nitrogens with zero attached hydrogens (tertiary/aromatic N) is 2. The Balaban J connectivity index is 1.23. The van der Waals surface area contributed by atoms with Crippen LogP contribution in [0.1, 0.15) is 0 Å². The summed E-state index contributed by atoms with van der Waals surface area (Å²) in [4.78, 5) is 25.3. The zero-order valence-electron chi connectivity index (χ0n) is 22.8. The second-order valence-corrected chi connectivity index (χ2v) is 9.73. The van der Waals surface area contributed by atoms with Crippen molar-refractivity contribution in [2.45, 2.75) is 0 Å². The summed E-state index contributed by atoms with van der Waals surface area (Å²) in [5.41, 5.74) is 3.86. The Hall–Kier alpha value is -5.96. The predicted octanol–water partition coefficient (Wildman–Crippen LogP) is 5.46. The number of hydrogen-bond acceptors (Lipinski definition) is 6. The third-order valence-electron chi connectivity index (χ3n) is 6.88. The van der Waals surface area contributed by atoms with Gasteiger partial charge in [-0.25, -0.2) is 0 Å². The molecule has 0 radical (unpaired) electrons. The molecule has 0 saturated heterocycles. The van der Waals surface area contributed by atoms with Gasteiger partial charge in [0.1, 0.15) is 0 Å². The van der Waals surface area contributed by atoms with Crippen molar-refractivity contribution >= 4 is 7.69 Å². The first-order valence-electron chi connectivity index (χ1n) is 13.4. The summed E-state index contributed by atoms with van der Waals surface area (Å²) in [5.74, 6) is -1.39. The predicted molar refractivity (Wildman–Crippen MR) is 167 cm³/mol. The number of aromatic hydroxyl groups is 2. The average Bonchev–Trinajstić information content (AvgIpc) is 3.05. The van der Waals surface area contributed by atoms with E-state index in [0.29, 0.717) is 11.4 Å². The number of aromatic nitrogens is 2. The lowest BCUT2D eigenvalue weighted by molar-refractivity contribution is 0.426. The molecule has 9 heteroatoms. The van der Waals surface area contributed by atoms with Crippen LogP contribution in [0.2, 0.25) is 0 Å². The molecule has 0 atom stereocenters. The first kappa shape index (κ1) is 27.2. The van der Waals surface area contributed by atoms with Gasteiger partial charge < -0.3 is 28.7 Å². The fourth-order valence-electron chi connectivity index (χ4n) is 4.69. The van der Waals surface area contributed by atoms with E-state index in [9.17, 15) is 19.8 Å². The lowest BCUT2D eigenvalue weighted by atomic mass is 10.1. The van der Waals surface area contributed by atoms with Crippen LogP contribution in [0.25, 0.3) is 33.6 Å². The molecule has 6 aromatic rings. The standard InChI is InChI=1S/C34H25BN2O6/c38-29-19-36(27-15-7-13-25(17-27)23-9-3-1-4-10-23)21-31(33(29)40)42-35-43-32-22-37(20-30(39)34(32)41)28-16-8-14-26(18-28)24-11-5-2-6-12-24/h1-22,35,38-39H. The Morgan fingerprint density at radius 2 is 0.884 bits per heavy atom. The van der Waals surface area contributed by atoms with E-state index in [0.717, 1.165) is 22.3 Å². The largest absolute Gasteiger partial charge is 0.576 e. The zero-order chi connectivity index (χ0) is 29.8. The lowest BCUT2D eigenvalue weighted by Crippen LogP contribution is -2.21. The third kappa shape index (κ3) is 5.91. The monoisotopic (exact) mass is 568 g/mol. The number of rotatable bonds is 8. The average molecular weight is 568 g/mol. The van der Waals surface area contributed by atoms with Crippen molar-refractivity contribution in [1.29, 1.82) is 0 Å². The molecule has 0 aliphatic heterocycles. The maximum absolute atomic E-state index is 12.6.